The number of hydrogen-bond acceptors (Lipinski definition) is 1. The number of hydrogen-bond donors (Lipinski definition) is 0. The highest BCUT2D eigenvalue weighted by molar-refractivity contribution is 9.09. The normalized spacial score (nSPS) is 12.9. The van der Waals surface area contributed by atoms with E-state index < -0.39 is 0 Å². The van der Waals surface area contributed by atoms with Gasteiger partial charge in [-0.3, -0.25) is 0 Å². The zero-order chi connectivity index (χ0) is 12.8. The lowest BCUT2D eigenvalue weighted by atomic mass is 10.1. The SMILES string of the molecule is CCCCCCCCCCC(Br)COCCCl. The van der Waals surface area contributed by atoms with Crippen LogP contribution < -0.4 is 0 Å². The van der Waals surface area contributed by atoms with Crippen LogP contribution in [0.4, 0.5) is 0 Å². The van der Waals surface area contributed by atoms with Crippen LogP contribution >= 0.6 is 27.5 Å². The average Bonchev–Trinajstić information content (AvgIpc) is 2.33. The summed E-state index contributed by atoms with van der Waals surface area (Å²) < 4.78 is 5.39. The van der Waals surface area contributed by atoms with Gasteiger partial charge >= 0.3 is 0 Å². The van der Waals surface area contributed by atoms with Gasteiger partial charge in [-0.05, 0) is 6.42 Å². The van der Waals surface area contributed by atoms with E-state index in [1.54, 1.807) is 0 Å². The van der Waals surface area contributed by atoms with E-state index in [0.29, 0.717) is 17.3 Å². The van der Waals surface area contributed by atoms with Gasteiger partial charge in [-0.2, -0.15) is 0 Å². The van der Waals surface area contributed by atoms with Crippen molar-refractivity contribution in [3.8, 4) is 0 Å². The van der Waals surface area contributed by atoms with Gasteiger partial charge in [-0.15, -0.1) is 11.6 Å². The summed E-state index contributed by atoms with van der Waals surface area (Å²) in [5, 5.41) is 0. The minimum Gasteiger partial charge on any atom is -0.379 e. The second-order valence-electron chi connectivity index (χ2n) is 4.62. The van der Waals surface area contributed by atoms with Crippen LogP contribution in [0.3, 0.4) is 0 Å². The molecule has 3 heteroatoms. The molecule has 0 aliphatic carbocycles. The summed E-state index contributed by atoms with van der Waals surface area (Å²) in [6.07, 6.45) is 12.3. The highest BCUT2D eigenvalue weighted by Gasteiger charge is 2.03. The molecule has 0 spiro atoms. The van der Waals surface area contributed by atoms with Crippen molar-refractivity contribution >= 4 is 27.5 Å². The first kappa shape index (κ1) is 17.7. The minimum absolute atomic E-state index is 0.505. The first-order valence-corrected chi connectivity index (χ1v) is 8.54. The summed E-state index contributed by atoms with van der Waals surface area (Å²) in [6, 6.07) is 0. The number of unbranched alkanes of at least 4 members (excludes halogenated alkanes) is 7. The van der Waals surface area contributed by atoms with Crippen LogP contribution in [0.25, 0.3) is 0 Å². The van der Waals surface area contributed by atoms with Gasteiger partial charge in [0.25, 0.3) is 0 Å². The molecule has 0 fully saturated rings. The van der Waals surface area contributed by atoms with Gasteiger partial charge in [0.15, 0.2) is 0 Å². The Morgan fingerprint density at radius 3 is 2.18 bits per heavy atom. The molecule has 17 heavy (non-hydrogen) atoms. The third-order valence-corrected chi connectivity index (χ3v) is 3.77. The fraction of sp³-hybridized carbons (Fsp3) is 1.00. The summed E-state index contributed by atoms with van der Waals surface area (Å²) in [5.41, 5.74) is 0. The molecule has 0 saturated heterocycles. The highest BCUT2D eigenvalue weighted by atomic mass is 79.9. The molecular weight excluding hydrogens is 300 g/mol. The van der Waals surface area contributed by atoms with Gasteiger partial charge < -0.3 is 4.74 Å². The summed E-state index contributed by atoms with van der Waals surface area (Å²) >= 11 is 9.19. The summed E-state index contributed by atoms with van der Waals surface area (Å²) in [6.45, 7) is 3.73. The fourth-order valence-electron chi connectivity index (χ4n) is 1.85. The van der Waals surface area contributed by atoms with Gasteiger partial charge in [0.05, 0.1) is 13.2 Å². The Morgan fingerprint density at radius 2 is 1.59 bits per heavy atom. The fourth-order valence-corrected chi connectivity index (χ4v) is 2.47. The molecule has 0 N–H and O–H groups in total. The van der Waals surface area contributed by atoms with Crippen LogP contribution in [-0.4, -0.2) is 23.9 Å². The van der Waals surface area contributed by atoms with Crippen LogP contribution in [0.2, 0.25) is 0 Å². The van der Waals surface area contributed by atoms with E-state index in [0.717, 1.165) is 6.61 Å². The largest absolute Gasteiger partial charge is 0.379 e. The lowest BCUT2D eigenvalue weighted by molar-refractivity contribution is 0.149. The van der Waals surface area contributed by atoms with Crippen molar-refractivity contribution in [2.45, 2.75) is 69.5 Å². The summed E-state index contributed by atoms with van der Waals surface area (Å²) in [5.74, 6) is 0.595. The molecule has 1 nitrogen and oxygen atoms in total. The first-order valence-electron chi connectivity index (χ1n) is 7.09. The van der Waals surface area contributed by atoms with Gasteiger partial charge in [-0.25, -0.2) is 0 Å². The lowest BCUT2D eigenvalue weighted by Crippen LogP contribution is -2.09. The molecular formula is C14H28BrClO. The summed E-state index contributed by atoms with van der Waals surface area (Å²) in [7, 11) is 0. The number of ether oxygens (including phenoxy) is 1. The number of halogens is 2. The molecule has 1 atom stereocenters. The first-order chi connectivity index (χ1) is 8.31. The Kier molecular flexibility index (Phi) is 15.4. The molecule has 0 saturated carbocycles. The predicted octanol–water partition coefficient (Wildman–Crippen LogP) is 5.54. The van der Waals surface area contributed by atoms with E-state index in [1.807, 2.05) is 0 Å². The maximum atomic E-state index is 5.54. The Bertz CT molecular complexity index is 144. The van der Waals surface area contributed by atoms with Crippen molar-refractivity contribution in [2.75, 3.05) is 19.1 Å². The van der Waals surface area contributed by atoms with E-state index >= 15 is 0 Å². The van der Waals surface area contributed by atoms with Crippen molar-refractivity contribution < 1.29 is 4.74 Å². The van der Waals surface area contributed by atoms with E-state index in [2.05, 4.69) is 22.9 Å². The van der Waals surface area contributed by atoms with Crippen molar-refractivity contribution in [1.82, 2.24) is 0 Å². The average molecular weight is 328 g/mol. The van der Waals surface area contributed by atoms with Crippen LogP contribution in [0, 0.1) is 0 Å². The Balaban J connectivity index is 3.05. The number of rotatable bonds is 13. The second kappa shape index (κ2) is 14.8. The number of alkyl halides is 2. The molecule has 1 unspecified atom stereocenters. The Morgan fingerprint density at radius 1 is 1.00 bits per heavy atom. The van der Waals surface area contributed by atoms with Crippen LogP contribution in [0.5, 0.6) is 0 Å². The molecule has 0 bridgehead atoms. The summed E-state index contributed by atoms with van der Waals surface area (Å²) in [4.78, 5) is 0.505. The molecule has 0 radical (unpaired) electrons. The van der Waals surface area contributed by atoms with E-state index in [9.17, 15) is 0 Å². The molecule has 0 aliphatic heterocycles. The molecule has 0 amide bonds. The second-order valence-corrected chi connectivity index (χ2v) is 6.30. The zero-order valence-electron chi connectivity index (χ0n) is 11.2. The van der Waals surface area contributed by atoms with Gasteiger partial charge in [0, 0.05) is 10.7 Å². The van der Waals surface area contributed by atoms with E-state index in [-0.39, 0.29) is 0 Å². The third kappa shape index (κ3) is 14.7. The molecule has 0 rings (SSSR count). The van der Waals surface area contributed by atoms with E-state index in [4.69, 9.17) is 16.3 Å². The maximum Gasteiger partial charge on any atom is 0.0602 e. The zero-order valence-corrected chi connectivity index (χ0v) is 13.6. The Hall–Kier alpha value is 0.730. The minimum atomic E-state index is 0.505. The topological polar surface area (TPSA) is 9.23 Å². The van der Waals surface area contributed by atoms with E-state index in [1.165, 1.54) is 57.8 Å². The quantitative estimate of drug-likeness (QED) is 0.319. The lowest BCUT2D eigenvalue weighted by Gasteiger charge is -2.09. The molecule has 0 aromatic heterocycles. The highest BCUT2D eigenvalue weighted by Crippen LogP contribution is 2.14. The molecule has 0 aliphatic rings. The van der Waals surface area contributed by atoms with Gasteiger partial charge in [0.2, 0.25) is 0 Å². The van der Waals surface area contributed by atoms with Crippen molar-refractivity contribution in [1.29, 1.82) is 0 Å². The molecule has 0 aromatic rings. The van der Waals surface area contributed by atoms with Crippen molar-refractivity contribution in [3.63, 3.8) is 0 Å². The van der Waals surface area contributed by atoms with Crippen molar-refractivity contribution in [2.24, 2.45) is 0 Å². The third-order valence-electron chi connectivity index (χ3n) is 2.89. The maximum absolute atomic E-state index is 5.54. The van der Waals surface area contributed by atoms with Gasteiger partial charge in [-0.1, -0.05) is 74.2 Å². The molecule has 0 aromatic carbocycles. The van der Waals surface area contributed by atoms with Crippen molar-refractivity contribution in [3.05, 3.63) is 0 Å². The molecule has 104 valence electrons. The Labute approximate surface area is 121 Å². The molecule has 0 heterocycles. The van der Waals surface area contributed by atoms with Crippen LogP contribution in [0.15, 0.2) is 0 Å². The van der Waals surface area contributed by atoms with Crippen LogP contribution in [-0.2, 0) is 4.74 Å². The predicted molar refractivity (Wildman–Crippen MR) is 81.5 cm³/mol. The monoisotopic (exact) mass is 326 g/mol. The van der Waals surface area contributed by atoms with Gasteiger partial charge in [0.1, 0.15) is 0 Å². The standard InChI is InChI=1S/C14H28BrClO/c1-2-3-4-5-6-7-8-9-10-14(15)13-17-12-11-16/h14H,2-13H2,1H3. The smallest absolute Gasteiger partial charge is 0.0602 e. The van der Waals surface area contributed by atoms with Crippen LogP contribution in [0.1, 0.15) is 64.7 Å².